The second-order valence-electron chi connectivity index (χ2n) is 4.53. The smallest absolute Gasteiger partial charge is 0.0479 e. The van der Waals surface area contributed by atoms with Crippen molar-refractivity contribution in [3.05, 3.63) is 42.0 Å². The van der Waals surface area contributed by atoms with Crippen molar-refractivity contribution in [3.8, 4) is 0 Å². The van der Waals surface area contributed by atoms with Crippen molar-refractivity contribution in [1.29, 1.82) is 0 Å². The molecule has 16 heavy (non-hydrogen) atoms. The van der Waals surface area contributed by atoms with Gasteiger partial charge < -0.3 is 4.90 Å². The topological polar surface area (TPSA) is 3.24 Å². The van der Waals surface area contributed by atoms with E-state index in [4.69, 9.17) is 0 Å². The first-order valence-electron chi connectivity index (χ1n) is 6.15. The van der Waals surface area contributed by atoms with Crippen LogP contribution in [0.1, 0.15) is 18.9 Å². The molecule has 1 aliphatic rings. The minimum absolute atomic E-state index is 1.18. The molecule has 1 heterocycles. The van der Waals surface area contributed by atoms with E-state index < -0.39 is 0 Å². The monoisotopic (exact) mass is 211 g/mol. The van der Waals surface area contributed by atoms with Crippen LogP contribution in [0.5, 0.6) is 0 Å². The summed E-state index contributed by atoms with van der Waals surface area (Å²) < 4.78 is 0. The summed E-state index contributed by atoms with van der Waals surface area (Å²) in [6.45, 7) is 4.63. The molecule has 0 aromatic heterocycles. The van der Waals surface area contributed by atoms with Crippen molar-refractivity contribution in [2.45, 2.75) is 19.8 Å². The molecule has 0 radical (unpaired) electrons. The van der Waals surface area contributed by atoms with E-state index in [0.29, 0.717) is 0 Å². The van der Waals surface area contributed by atoms with Crippen molar-refractivity contribution in [2.75, 3.05) is 18.0 Å². The summed E-state index contributed by atoms with van der Waals surface area (Å²) in [4.78, 5) is 2.54. The number of nitrogens with zero attached hydrogens (tertiary/aromatic N) is 1. The molecule has 0 saturated heterocycles. The summed E-state index contributed by atoms with van der Waals surface area (Å²) >= 11 is 0. The van der Waals surface area contributed by atoms with Gasteiger partial charge in [0.25, 0.3) is 0 Å². The van der Waals surface area contributed by atoms with Gasteiger partial charge in [-0.15, -0.1) is 0 Å². The van der Waals surface area contributed by atoms with Gasteiger partial charge in [-0.2, -0.15) is 0 Å². The highest BCUT2D eigenvalue weighted by atomic mass is 15.1. The van der Waals surface area contributed by atoms with Crippen molar-refractivity contribution < 1.29 is 0 Å². The lowest BCUT2D eigenvalue weighted by Gasteiger charge is -2.20. The molecule has 1 aliphatic heterocycles. The summed E-state index contributed by atoms with van der Waals surface area (Å²) in [7, 11) is 0. The largest absolute Gasteiger partial charge is 0.370 e. The average molecular weight is 211 g/mol. The normalized spacial score (nSPS) is 14.4. The van der Waals surface area contributed by atoms with E-state index in [2.05, 4.69) is 48.2 Å². The highest BCUT2D eigenvalue weighted by molar-refractivity contribution is 5.96. The lowest BCUT2D eigenvalue weighted by atomic mass is 10.0. The number of hydrogen-bond acceptors (Lipinski definition) is 1. The van der Waals surface area contributed by atoms with E-state index in [-0.39, 0.29) is 0 Å². The Labute approximate surface area is 96.7 Å². The SMILES string of the molecule is CCCN1CCc2ccc3ccccc3c21. The van der Waals surface area contributed by atoms with E-state index in [1.54, 1.807) is 0 Å². The predicted octanol–water partition coefficient (Wildman–Crippen LogP) is 3.61. The Morgan fingerprint density at radius 2 is 2.00 bits per heavy atom. The molecular formula is C15H17N. The fourth-order valence-corrected chi connectivity index (χ4v) is 2.74. The molecule has 2 aromatic rings. The van der Waals surface area contributed by atoms with Crippen molar-refractivity contribution >= 4 is 16.5 Å². The van der Waals surface area contributed by atoms with Gasteiger partial charge in [0.1, 0.15) is 0 Å². The molecule has 0 spiro atoms. The molecule has 0 unspecified atom stereocenters. The Bertz CT molecular complexity index is 514. The van der Waals surface area contributed by atoms with Crippen LogP contribution in [-0.2, 0) is 6.42 Å². The first-order chi connectivity index (χ1) is 7.90. The summed E-state index contributed by atoms with van der Waals surface area (Å²) in [5.41, 5.74) is 3.01. The lowest BCUT2D eigenvalue weighted by Crippen LogP contribution is -2.21. The lowest BCUT2D eigenvalue weighted by molar-refractivity contribution is 0.798. The van der Waals surface area contributed by atoms with Gasteiger partial charge in [0, 0.05) is 24.2 Å². The van der Waals surface area contributed by atoms with Gasteiger partial charge in [0.2, 0.25) is 0 Å². The standard InChI is InChI=1S/C15H17N/c1-2-10-16-11-9-13-8-7-12-5-3-4-6-14(12)15(13)16/h3-8H,2,9-11H2,1H3. The Morgan fingerprint density at radius 3 is 2.88 bits per heavy atom. The zero-order valence-corrected chi connectivity index (χ0v) is 9.74. The second-order valence-corrected chi connectivity index (χ2v) is 4.53. The third-order valence-electron chi connectivity index (χ3n) is 3.44. The minimum Gasteiger partial charge on any atom is -0.370 e. The summed E-state index contributed by atoms with van der Waals surface area (Å²) in [5, 5.41) is 2.79. The Balaban J connectivity index is 2.20. The van der Waals surface area contributed by atoms with Crippen molar-refractivity contribution in [2.24, 2.45) is 0 Å². The number of anilines is 1. The number of fused-ring (bicyclic) bond motifs is 3. The third-order valence-corrected chi connectivity index (χ3v) is 3.44. The van der Waals surface area contributed by atoms with E-state index in [1.165, 1.54) is 48.0 Å². The first-order valence-corrected chi connectivity index (χ1v) is 6.15. The van der Waals surface area contributed by atoms with E-state index >= 15 is 0 Å². The molecule has 0 N–H and O–H groups in total. The summed E-state index contributed by atoms with van der Waals surface area (Å²) in [6, 6.07) is 13.3. The fourth-order valence-electron chi connectivity index (χ4n) is 2.74. The van der Waals surface area contributed by atoms with Crippen LogP contribution in [0, 0.1) is 0 Å². The van der Waals surface area contributed by atoms with Crippen LogP contribution < -0.4 is 4.90 Å². The number of rotatable bonds is 2. The van der Waals surface area contributed by atoms with Crippen LogP contribution in [0.3, 0.4) is 0 Å². The maximum absolute atomic E-state index is 2.54. The molecule has 0 fully saturated rings. The van der Waals surface area contributed by atoms with Gasteiger partial charge in [-0.1, -0.05) is 43.3 Å². The molecule has 1 nitrogen and oxygen atoms in total. The quantitative estimate of drug-likeness (QED) is 0.733. The fraction of sp³-hybridized carbons (Fsp3) is 0.333. The van der Waals surface area contributed by atoms with Crippen molar-refractivity contribution in [1.82, 2.24) is 0 Å². The van der Waals surface area contributed by atoms with Gasteiger partial charge >= 0.3 is 0 Å². The van der Waals surface area contributed by atoms with E-state index in [1.807, 2.05) is 0 Å². The van der Waals surface area contributed by atoms with Gasteiger partial charge in [-0.3, -0.25) is 0 Å². The molecule has 1 heteroatoms. The Kier molecular flexibility index (Phi) is 2.32. The summed E-state index contributed by atoms with van der Waals surface area (Å²) in [6.07, 6.45) is 2.43. The highest BCUT2D eigenvalue weighted by Crippen LogP contribution is 2.35. The van der Waals surface area contributed by atoms with Gasteiger partial charge in [-0.05, 0) is 23.8 Å². The minimum atomic E-state index is 1.18. The molecule has 2 aromatic carbocycles. The molecular weight excluding hydrogens is 194 g/mol. The second kappa shape index (κ2) is 3.82. The van der Waals surface area contributed by atoms with Gasteiger partial charge in [0.15, 0.2) is 0 Å². The zero-order chi connectivity index (χ0) is 11.0. The summed E-state index contributed by atoms with van der Waals surface area (Å²) in [5.74, 6) is 0. The number of benzene rings is 2. The average Bonchev–Trinajstić information content (AvgIpc) is 2.73. The number of hydrogen-bond donors (Lipinski definition) is 0. The van der Waals surface area contributed by atoms with Crippen LogP contribution in [0.15, 0.2) is 36.4 Å². The molecule has 3 rings (SSSR count). The molecule has 0 amide bonds. The van der Waals surface area contributed by atoms with Gasteiger partial charge in [0.05, 0.1) is 0 Å². The van der Waals surface area contributed by atoms with Gasteiger partial charge in [-0.25, -0.2) is 0 Å². The van der Waals surface area contributed by atoms with Crippen LogP contribution >= 0.6 is 0 Å². The van der Waals surface area contributed by atoms with Crippen molar-refractivity contribution in [3.63, 3.8) is 0 Å². The van der Waals surface area contributed by atoms with E-state index in [9.17, 15) is 0 Å². The predicted molar refractivity (Wildman–Crippen MR) is 70.2 cm³/mol. The molecule has 0 saturated carbocycles. The van der Waals surface area contributed by atoms with Crippen LogP contribution in [0.2, 0.25) is 0 Å². The highest BCUT2D eigenvalue weighted by Gasteiger charge is 2.20. The maximum Gasteiger partial charge on any atom is 0.0479 e. The Morgan fingerprint density at radius 1 is 1.12 bits per heavy atom. The molecule has 82 valence electrons. The first kappa shape index (κ1) is 9.71. The molecule has 0 atom stereocenters. The van der Waals surface area contributed by atoms with E-state index in [0.717, 1.165) is 0 Å². The third kappa shape index (κ3) is 1.39. The van der Waals surface area contributed by atoms with Crippen LogP contribution in [0.25, 0.3) is 10.8 Å². The van der Waals surface area contributed by atoms with Crippen LogP contribution in [-0.4, -0.2) is 13.1 Å². The Hall–Kier alpha value is -1.50. The zero-order valence-electron chi connectivity index (χ0n) is 9.74. The van der Waals surface area contributed by atoms with Crippen LogP contribution in [0.4, 0.5) is 5.69 Å². The molecule has 0 aliphatic carbocycles. The maximum atomic E-state index is 2.54. The molecule has 0 bridgehead atoms.